The van der Waals surface area contributed by atoms with E-state index < -0.39 is 0 Å². The van der Waals surface area contributed by atoms with E-state index in [9.17, 15) is 4.79 Å². The molecule has 0 bridgehead atoms. The molecule has 23 heavy (non-hydrogen) atoms. The molecule has 0 aromatic carbocycles. The topological polar surface area (TPSA) is 79.8 Å². The van der Waals surface area contributed by atoms with Crippen LogP contribution in [-0.2, 0) is 6.54 Å². The van der Waals surface area contributed by atoms with E-state index in [-0.39, 0.29) is 5.91 Å². The summed E-state index contributed by atoms with van der Waals surface area (Å²) in [6.45, 7) is 2.37. The molecule has 0 fully saturated rings. The Morgan fingerprint density at radius 2 is 2.00 bits per heavy atom. The summed E-state index contributed by atoms with van der Waals surface area (Å²) < 4.78 is 0. The number of carbonyl (C=O) groups is 1. The SMILES string of the molecule is Cc1cccc(Nc2nc(C(=O)NCc3ccncc3)cs2)n1. The Morgan fingerprint density at radius 3 is 2.78 bits per heavy atom. The number of pyridine rings is 2. The lowest BCUT2D eigenvalue weighted by Crippen LogP contribution is -2.23. The Bertz CT molecular complexity index is 803. The summed E-state index contributed by atoms with van der Waals surface area (Å²) in [6, 6.07) is 9.42. The second-order valence-electron chi connectivity index (χ2n) is 4.87. The lowest BCUT2D eigenvalue weighted by molar-refractivity contribution is 0.0946. The second-order valence-corrected chi connectivity index (χ2v) is 5.72. The quantitative estimate of drug-likeness (QED) is 0.754. The van der Waals surface area contributed by atoms with Crippen LogP contribution in [0.25, 0.3) is 0 Å². The molecule has 0 saturated heterocycles. The third kappa shape index (κ3) is 4.10. The number of hydrogen-bond donors (Lipinski definition) is 2. The van der Waals surface area contributed by atoms with Crippen LogP contribution >= 0.6 is 11.3 Å². The predicted octanol–water partition coefficient (Wildman–Crippen LogP) is 2.92. The molecule has 7 heteroatoms. The summed E-state index contributed by atoms with van der Waals surface area (Å²) in [7, 11) is 0. The van der Waals surface area contributed by atoms with E-state index in [0.29, 0.717) is 23.2 Å². The van der Waals surface area contributed by atoms with Gasteiger partial charge in [0.15, 0.2) is 5.13 Å². The van der Waals surface area contributed by atoms with Crippen LogP contribution in [0.2, 0.25) is 0 Å². The number of aromatic nitrogens is 3. The molecule has 0 unspecified atom stereocenters. The second kappa shape index (κ2) is 6.97. The van der Waals surface area contributed by atoms with E-state index in [4.69, 9.17) is 0 Å². The average Bonchev–Trinajstić information content (AvgIpc) is 3.02. The molecule has 0 spiro atoms. The molecule has 3 heterocycles. The highest BCUT2D eigenvalue weighted by atomic mass is 32.1. The molecule has 0 aliphatic rings. The largest absolute Gasteiger partial charge is 0.347 e. The van der Waals surface area contributed by atoms with Crippen molar-refractivity contribution in [3.05, 3.63) is 65.1 Å². The zero-order chi connectivity index (χ0) is 16.1. The molecule has 3 rings (SSSR count). The number of hydrogen-bond acceptors (Lipinski definition) is 6. The van der Waals surface area contributed by atoms with E-state index in [1.54, 1.807) is 17.8 Å². The van der Waals surface area contributed by atoms with Crippen LogP contribution in [-0.4, -0.2) is 20.9 Å². The standard InChI is InChI=1S/C16H15N5OS/c1-11-3-2-4-14(19-11)21-16-20-13(10-23-16)15(22)18-9-12-5-7-17-8-6-12/h2-8,10H,9H2,1H3,(H,18,22)(H,19,20,21). The molecule has 3 aromatic heterocycles. The van der Waals surface area contributed by atoms with Gasteiger partial charge in [0.2, 0.25) is 0 Å². The van der Waals surface area contributed by atoms with E-state index in [1.807, 2.05) is 37.3 Å². The van der Waals surface area contributed by atoms with Crippen molar-refractivity contribution in [3.8, 4) is 0 Å². The fourth-order valence-corrected chi connectivity index (χ4v) is 2.63. The van der Waals surface area contributed by atoms with Crippen molar-refractivity contribution < 1.29 is 4.79 Å². The Morgan fingerprint density at radius 1 is 1.17 bits per heavy atom. The summed E-state index contributed by atoms with van der Waals surface area (Å²) in [5.41, 5.74) is 2.30. The van der Waals surface area contributed by atoms with Crippen LogP contribution < -0.4 is 10.6 Å². The maximum atomic E-state index is 12.1. The van der Waals surface area contributed by atoms with Crippen molar-refractivity contribution in [2.24, 2.45) is 0 Å². The Balaban J connectivity index is 1.61. The normalized spacial score (nSPS) is 10.3. The molecule has 0 radical (unpaired) electrons. The van der Waals surface area contributed by atoms with Gasteiger partial charge >= 0.3 is 0 Å². The average molecular weight is 325 g/mol. The minimum Gasteiger partial charge on any atom is -0.347 e. The first-order valence-electron chi connectivity index (χ1n) is 7.04. The molecule has 2 N–H and O–H groups in total. The molecule has 0 aliphatic heterocycles. The van der Waals surface area contributed by atoms with Crippen molar-refractivity contribution >= 4 is 28.2 Å². The van der Waals surface area contributed by atoms with E-state index >= 15 is 0 Å². The van der Waals surface area contributed by atoms with Crippen molar-refractivity contribution in [1.82, 2.24) is 20.3 Å². The zero-order valence-electron chi connectivity index (χ0n) is 12.5. The third-order valence-electron chi connectivity index (χ3n) is 3.06. The minimum atomic E-state index is -0.205. The third-order valence-corrected chi connectivity index (χ3v) is 3.82. The van der Waals surface area contributed by atoms with Crippen LogP contribution in [0.4, 0.5) is 10.9 Å². The summed E-state index contributed by atoms with van der Waals surface area (Å²) in [4.78, 5) is 24.7. The van der Waals surface area contributed by atoms with E-state index in [0.717, 1.165) is 11.3 Å². The summed E-state index contributed by atoms with van der Waals surface area (Å²) >= 11 is 1.37. The van der Waals surface area contributed by atoms with Crippen molar-refractivity contribution in [2.75, 3.05) is 5.32 Å². The van der Waals surface area contributed by atoms with Gasteiger partial charge in [0.25, 0.3) is 5.91 Å². The molecule has 116 valence electrons. The van der Waals surface area contributed by atoms with Gasteiger partial charge in [-0.2, -0.15) is 0 Å². The first kappa shape index (κ1) is 15.1. The molecule has 3 aromatic rings. The number of anilines is 2. The van der Waals surface area contributed by atoms with Crippen LogP contribution in [0.3, 0.4) is 0 Å². The molecule has 0 atom stereocenters. The van der Waals surface area contributed by atoms with Crippen molar-refractivity contribution in [2.45, 2.75) is 13.5 Å². The number of rotatable bonds is 5. The van der Waals surface area contributed by atoms with Gasteiger partial charge in [0.1, 0.15) is 11.5 Å². The maximum Gasteiger partial charge on any atom is 0.271 e. The van der Waals surface area contributed by atoms with Crippen LogP contribution in [0.5, 0.6) is 0 Å². The molecular formula is C16H15N5OS. The number of nitrogens with zero attached hydrogens (tertiary/aromatic N) is 3. The number of nitrogens with one attached hydrogen (secondary N) is 2. The van der Waals surface area contributed by atoms with Gasteiger partial charge in [0.05, 0.1) is 0 Å². The van der Waals surface area contributed by atoms with Gasteiger partial charge in [-0.3, -0.25) is 9.78 Å². The zero-order valence-corrected chi connectivity index (χ0v) is 13.3. The lowest BCUT2D eigenvalue weighted by atomic mass is 10.2. The van der Waals surface area contributed by atoms with Gasteiger partial charge in [-0.05, 0) is 36.8 Å². The molecule has 0 saturated carbocycles. The monoisotopic (exact) mass is 325 g/mol. The van der Waals surface area contributed by atoms with Crippen LogP contribution in [0.15, 0.2) is 48.1 Å². The fraction of sp³-hybridized carbons (Fsp3) is 0.125. The number of thiazole rings is 1. The molecule has 1 amide bonds. The van der Waals surface area contributed by atoms with E-state index in [2.05, 4.69) is 25.6 Å². The van der Waals surface area contributed by atoms with Gasteiger partial charge in [-0.15, -0.1) is 11.3 Å². The highest BCUT2D eigenvalue weighted by Gasteiger charge is 2.11. The number of aryl methyl sites for hydroxylation is 1. The molecule has 6 nitrogen and oxygen atoms in total. The van der Waals surface area contributed by atoms with Crippen LogP contribution in [0.1, 0.15) is 21.7 Å². The fourth-order valence-electron chi connectivity index (χ4n) is 1.93. The minimum absolute atomic E-state index is 0.205. The maximum absolute atomic E-state index is 12.1. The Labute approximate surface area is 137 Å². The summed E-state index contributed by atoms with van der Waals surface area (Å²) in [6.07, 6.45) is 3.39. The first-order chi connectivity index (χ1) is 11.2. The predicted molar refractivity (Wildman–Crippen MR) is 89.8 cm³/mol. The highest BCUT2D eigenvalue weighted by molar-refractivity contribution is 7.14. The van der Waals surface area contributed by atoms with Gasteiger partial charge in [0, 0.05) is 30.0 Å². The van der Waals surface area contributed by atoms with Gasteiger partial charge in [-0.1, -0.05) is 6.07 Å². The summed E-state index contributed by atoms with van der Waals surface area (Å²) in [5.74, 6) is 0.506. The smallest absolute Gasteiger partial charge is 0.271 e. The Kier molecular flexibility index (Phi) is 4.58. The van der Waals surface area contributed by atoms with Gasteiger partial charge in [-0.25, -0.2) is 9.97 Å². The van der Waals surface area contributed by atoms with Gasteiger partial charge < -0.3 is 10.6 Å². The number of amides is 1. The highest BCUT2D eigenvalue weighted by Crippen LogP contribution is 2.19. The lowest BCUT2D eigenvalue weighted by Gasteiger charge is -2.03. The summed E-state index contributed by atoms with van der Waals surface area (Å²) in [5, 5.41) is 8.30. The Hall–Kier alpha value is -2.80. The van der Waals surface area contributed by atoms with Crippen LogP contribution in [0, 0.1) is 6.92 Å². The number of carbonyl (C=O) groups excluding carboxylic acids is 1. The van der Waals surface area contributed by atoms with E-state index in [1.165, 1.54) is 11.3 Å². The molecule has 0 aliphatic carbocycles. The first-order valence-corrected chi connectivity index (χ1v) is 7.92. The van der Waals surface area contributed by atoms with Crippen molar-refractivity contribution in [3.63, 3.8) is 0 Å². The molecular weight excluding hydrogens is 310 g/mol. The van der Waals surface area contributed by atoms with Crippen molar-refractivity contribution in [1.29, 1.82) is 0 Å².